The molecule has 0 heterocycles. The van der Waals surface area contributed by atoms with Crippen LogP contribution in [0.1, 0.15) is 67.2 Å². The van der Waals surface area contributed by atoms with Gasteiger partial charge in [-0.15, -0.1) is 0 Å². The summed E-state index contributed by atoms with van der Waals surface area (Å²) in [6.07, 6.45) is 11.7. The van der Waals surface area contributed by atoms with Crippen molar-refractivity contribution in [3.05, 3.63) is 47.0 Å². The summed E-state index contributed by atoms with van der Waals surface area (Å²) in [7, 11) is 2.90. The highest BCUT2D eigenvalue weighted by atomic mass is 16.5. The lowest BCUT2D eigenvalue weighted by atomic mass is 9.77. The molecular weight excluding hydrogens is 364 g/mol. The molecular formula is C25H40O4. The summed E-state index contributed by atoms with van der Waals surface area (Å²) in [6.45, 7) is 12.7. The van der Waals surface area contributed by atoms with E-state index < -0.39 is 6.10 Å². The molecule has 0 aromatic heterocycles. The number of aliphatic hydroxyl groups excluding tert-OH is 1. The fourth-order valence-corrected chi connectivity index (χ4v) is 3.54. The maximum Gasteiger partial charge on any atom is 0.204 e. The Morgan fingerprint density at radius 1 is 1.10 bits per heavy atom. The van der Waals surface area contributed by atoms with Crippen LogP contribution in [0.25, 0.3) is 0 Å². The monoisotopic (exact) mass is 404 g/mol. The SMILES string of the molecule is COC1=C(OC)[C@H](O)[C@H](C/C=C(\C)CC/C=C(/C)C/C=C/C(C)(C)C)[C@@H](C)C1=O. The molecule has 0 saturated heterocycles. The minimum Gasteiger partial charge on any atom is -0.494 e. The molecule has 0 radical (unpaired) electrons. The average Bonchev–Trinajstić information content (AvgIpc) is 2.63. The van der Waals surface area contributed by atoms with Gasteiger partial charge in [-0.2, -0.15) is 0 Å². The normalized spacial score (nSPS) is 24.4. The molecule has 3 atom stereocenters. The largest absolute Gasteiger partial charge is 0.494 e. The first-order valence-corrected chi connectivity index (χ1v) is 10.5. The van der Waals surface area contributed by atoms with Gasteiger partial charge in [-0.25, -0.2) is 0 Å². The quantitative estimate of drug-likeness (QED) is 0.498. The van der Waals surface area contributed by atoms with Crippen molar-refractivity contribution in [3.8, 4) is 0 Å². The van der Waals surface area contributed by atoms with Gasteiger partial charge in [0.25, 0.3) is 0 Å². The summed E-state index contributed by atoms with van der Waals surface area (Å²) in [6, 6.07) is 0. The van der Waals surface area contributed by atoms with Crippen molar-refractivity contribution in [1.82, 2.24) is 0 Å². The Labute approximate surface area is 177 Å². The van der Waals surface area contributed by atoms with Crippen LogP contribution in [0, 0.1) is 17.3 Å². The van der Waals surface area contributed by atoms with Crippen LogP contribution in [-0.2, 0) is 14.3 Å². The smallest absolute Gasteiger partial charge is 0.204 e. The van der Waals surface area contributed by atoms with Crippen molar-refractivity contribution in [3.63, 3.8) is 0 Å². The van der Waals surface area contributed by atoms with Gasteiger partial charge in [0, 0.05) is 11.8 Å². The van der Waals surface area contributed by atoms with Crippen LogP contribution < -0.4 is 0 Å². The minimum absolute atomic E-state index is 0.104. The van der Waals surface area contributed by atoms with Crippen LogP contribution in [-0.4, -0.2) is 31.2 Å². The van der Waals surface area contributed by atoms with Gasteiger partial charge in [0.2, 0.25) is 11.5 Å². The summed E-state index contributed by atoms with van der Waals surface area (Å²) >= 11 is 0. The molecule has 29 heavy (non-hydrogen) atoms. The fraction of sp³-hybridized carbons (Fsp3) is 0.640. The summed E-state index contributed by atoms with van der Waals surface area (Å²) < 4.78 is 10.4. The second-order valence-corrected chi connectivity index (χ2v) is 9.21. The van der Waals surface area contributed by atoms with Crippen molar-refractivity contribution in [1.29, 1.82) is 0 Å². The van der Waals surface area contributed by atoms with Crippen LogP contribution in [0.15, 0.2) is 47.0 Å². The number of rotatable bonds is 9. The number of carbonyl (C=O) groups is 1. The van der Waals surface area contributed by atoms with Crippen molar-refractivity contribution >= 4 is 5.78 Å². The Bertz CT molecular complexity index is 673. The Balaban J connectivity index is 2.64. The first-order valence-electron chi connectivity index (χ1n) is 10.5. The molecule has 0 aromatic carbocycles. The molecule has 1 aliphatic carbocycles. The number of allylic oxidation sites excluding steroid dienone is 7. The third-order valence-electron chi connectivity index (χ3n) is 5.43. The summed E-state index contributed by atoms with van der Waals surface area (Å²) in [4.78, 5) is 12.5. The van der Waals surface area contributed by atoms with Gasteiger partial charge in [-0.1, -0.05) is 63.1 Å². The van der Waals surface area contributed by atoms with Crippen LogP contribution in [0.2, 0.25) is 0 Å². The third kappa shape index (κ3) is 7.85. The first kappa shape index (κ1) is 25.2. The van der Waals surface area contributed by atoms with E-state index in [1.807, 2.05) is 6.92 Å². The lowest BCUT2D eigenvalue weighted by Gasteiger charge is -2.33. The van der Waals surface area contributed by atoms with E-state index >= 15 is 0 Å². The van der Waals surface area contributed by atoms with E-state index in [1.54, 1.807) is 0 Å². The average molecular weight is 405 g/mol. The van der Waals surface area contributed by atoms with E-state index in [2.05, 4.69) is 58.9 Å². The van der Waals surface area contributed by atoms with Gasteiger partial charge in [0.1, 0.15) is 6.10 Å². The first-order chi connectivity index (χ1) is 13.5. The van der Waals surface area contributed by atoms with Gasteiger partial charge in [-0.3, -0.25) is 4.79 Å². The molecule has 0 aromatic rings. The van der Waals surface area contributed by atoms with Gasteiger partial charge in [-0.05, 0) is 44.9 Å². The Morgan fingerprint density at radius 3 is 2.31 bits per heavy atom. The van der Waals surface area contributed by atoms with E-state index in [1.165, 1.54) is 25.4 Å². The standard InChI is InChI=1S/C25H40O4/c1-17(13-10-16-25(4,5)6)11-9-12-18(2)14-15-20-19(3)21(26)23(28-7)24(29-8)22(20)27/h10-11,14,16,19-20,22,27H,9,12-13,15H2,1-8H3/b16-10+,17-11-,18-14+/t19-,20-,22-/m1/s1. The second-order valence-electron chi connectivity index (χ2n) is 9.21. The highest BCUT2D eigenvalue weighted by Crippen LogP contribution is 2.35. The van der Waals surface area contributed by atoms with Crippen LogP contribution in [0.5, 0.6) is 0 Å². The molecule has 0 unspecified atom stereocenters. The highest BCUT2D eigenvalue weighted by Gasteiger charge is 2.42. The molecule has 0 amide bonds. The number of Topliss-reactive ketones (excluding diaryl/α,β-unsaturated/α-hetero) is 1. The van der Waals surface area contributed by atoms with E-state index in [9.17, 15) is 9.90 Å². The molecule has 1 rings (SSSR count). The zero-order chi connectivity index (χ0) is 22.2. The summed E-state index contributed by atoms with van der Waals surface area (Å²) in [5.74, 6) is -0.225. The Hall–Kier alpha value is -1.81. The third-order valence-corrected chi connectivity index (χ3v) is 5.43. The highest BCUT2D eigenvalue weighted by molar-refractivity contribution is 5.97. The van der Waals surface area contributed by atoms with E-state index in [0.717, 1.165) is 19.3 Å². The fourth-order valence-electron chi connectivity index (χ4n) is 3.54. The molecule has 0 bridgehead atoms. The van der Waals surface area contributed by atoms with Gasteiger partial charge >= 0.3 is 0 Å². The lowest BCUT2D eigenvalue weighted by Crippen LogP contribution is -2.40. The number of ether oxygens (including phenoxy) is 2. The maximum atomic E-state index is 12.5. The lowest BCUT2D eigenvalue weighted by molar-refractivity contribution is -0.128. The number of hydrogen-bond acceptors (Lipinski definition) is 4. The molecule has 4 heteroatoms. The Kier molecular flexibility index (Phi) is 9.91. The zero-order valence-electron chi connectivity index (χ0n) is 19.5. The van der Waals surface area contributed by atoms with Crippen molar-refractivity contribution in [2.75, 3.05) is 14.2 Å². The van der Waals surface area contributed by atoms with E-state index in [0.29, 0.717) is 6.42 Å². The predicted octanol–water partition coefficient (Wildman–Crippen LogP) is 5.74. The molecule has 4 nitrogen and oxygen atoms in total. The molecule has 0 aliphatic heterocycles. The maximum absolute atomic E-state index is 12.5. The molecule has 0 saturated carbocycles. The van der Waals surface area contributed by atoms with Crippen molar-refractivity contribution < 1.29 is 19.4 Å². The molecule has 1 aliphatic rings. The predicted molar refractivity (Wildman–Crippen MR) is 119 cm³/mol. The number of aliphatic hydroxyl groups is 1. The summed E-state index contributed by atoms with van der Waals surface area (Å²) in [5.41, 5.74) is 2.87. The van der Waals surface area contributed by atoms with Gasteiger partial charge < -0.3 is 14.6 Å². The topological polar surface area (TPSA) is 55.8 Å². The van der Waals surface area contributed by atoms with Crippen LogP contribution >= 0.6 is 0 Å². The van der Waals surface area contributed by atoms with Gasteiger partial charge in [0.15, 0.2) is 5.76 Å². The van der Waals surface area contributed by atoms with Crippen LogP contribution in [0.4, 0.5) is 0 Å². The molecule has 0 fully saturated rings. The number of ketones is 1. The summed E-state index contributed by atoms with van der Waals surface area (Å²) in [5, 5.41) is 10.7. The molecule has 0 spiro atoms. The number of carbonyl (C=O) groups excluding carboxylic acids is 1. The zero-order valence-corrected chi connectivity index (χ0v) is 19.5. The minimum atomic E-state index is -0.830. The van der Waals surface area contributed by atoms with Crippen LogP contribution in [0.3, 0.4) is 0 Å². The van der Waals surface area contributed by atoms with Gasteiger partial charge in [0.05, 0.1) is 14.2 Å². The van der Waals surface area contributed by atoms with E-state index in [4.69, 9.17) is 9.47 Å². The molecule has 1 N–H and O–H groups in total. The second kappa shape index (κ2) is 11.4. The Morgan fingerprint density at radius 2 is 1.76 bits per heavy atom. The van der Waals surface area contributed by atoms with Crippen molar-refractivity contribution in [2.24, 2.45) is 17.3 Å². The number of hydrogen-bond donors (Lipinski definition) is 1. The van der Waals surface area contributed by atoms with E-state index in [-0.39, 0.29) is 34.6 Å². The molecule has 164 valence electrons. The van der Waals surface area contributed by atoms with Crippen molar-refractivity contribution in [2.45, 2.75) is 73.3 Å². The number of methoxy groups -OCH3 is 2.